The first-order chi connectivity index (χ1) is 9.91. The minimum Gasteiger partial charge on any atom is -0.391 e. The Bertz CT molecular complexity index is 678. The second kappa shape index (κ2) is 6.05. The minimum absolute atomic E-state index is 0.222. The van der Waals surface area contributed by atoms with E-state index in [1.165, 1.54) is 0 Å². The van der Waals surface area contributed by atoms with Crippen molar-refractivity contribution in [3.8, 4) is 0 Å². The third-order valence-electron chi connectivity index (χ3n) is 3.43. The molecule has 0 bridgehead atoms. The molecule has 0 fully saturated rings. The molecule has 0 aliphatic rings. The van der Waals surface area contributed by atoms with Crippen molar-refractivity contribution in [3.05, 3.63) is 52.8 Å². The van der Waals surface area contributed by atoms with E-state index in [2.05, 4.69) is 10.4 Å². The molecule has 0 aliphatic heterocycles. The molecule has 5 nitrogen and oxygen atoms in total. The number of hydrogen-bond donors (Lipinski definition) is 2. The molecule has 0 radical (unpaired) electrons. The summed E-state index contributed by atoms with van der Waals surface area (Å²) < 4.78 is 1.68. The van der Waals surface area contributed by atoms with Gasteiger partial charge in [0.15, 0.2) is 0 Å². The van der Waals surface area contributed by atoms with Crippen LogP contribution in [0.4, 0.5) is 0 Å². The number of hydrogen-bond acceptors (Lipinski definition) is 3. The van der Waals surface area contributed by atoms with E-state index in [1.807, 2.05) is 37.3 Å². The average molecular weight is 302 g/mol. The van der Waals surface area contributed by atoms with Crippen molar-refractivity contribution < 1.29 is 4.79 Å². The molecule has 1 heterocycles. The summed E-state index contributed by atoms with van der Waals surface area (Å²) in [5.41, 5.74) is 8.68. The van der Waals surface area contributed by atoms with Crippen LogP contribution < -0.4 is 11.1 Å². The first kappa shape index (κ1) is 15.2. The molecule has 0 saturated heterocycles. The first-order valence-corrected chi connectivity index (χ1v) is 6.98. The lowest BCUT2D eigenvalue weighted by atomic mass is 10.1. The average Bonchev–Trinajstić information content (AvgIpc) is 2.70. The standard InChI is InChI=1S/C15H18N4OS/c1-9-12(10(2)19(3)18-9)15(20)17-13(14(16)21)11-7-5-4-6-8-11/h4-8,13H,1-3H3,(H2,16,21)(H,17,20). The van der Waals surface area contributed by atoms with Crippen LogP contribution in [0, 0.1) is 13.8 Å². The molecule has 1 atom stereocenters. The Morgan fingerprint density at radius 3 is 2.43 bits per heavy atom. The quantitative estimate of drug-likeness (QED) is 0.845. The van der Waals surface area contributed by atoms with Crippen molar-refractivity contribution in [1.29, 1.82) is 0 Å². The Morgan fingerprint density at radius 2 is 1.95 bits per heavy atom. The fourth-order valence-electron chi connectivity index (χ4n) is 2.27. The summed E-state index contributed by atoms with van der Waals surface area (Å²) in [7, 11) is 1.81. The number of benzene rings is 1. The van der Waals surface area contributed by atoms with Gasteiger partial charge in [-0.1, -0.05) is 42.5 Å². The van der Waals surface area contributed by atoms with Crippen LogP contribution >= 0.6 is 12.2 Å². The monoisotopic (exact) mass is 302 g/mol. The highest BCUT2D eigenvalue weighted by Crippen LogP contribution is 2.17. The SMILES string of the molecule is Cc1nn(C)c(C)c1C(=O)NC(C(N)=S)c1ccccc1. The van der Waals surface area contributed by atoms with Crippen LogP contribution in [0.1, 0.15) is 33.4 Å². The maximum Gasteiger partial charge on any atom is 0.255 e. The van der Waals surface area contributed by atoms with Gasteiger partial charge < -0.3 is 11.1 Å². The second-order valence-corrected chi connectivity index (χ2v) is 5.36. The van der Waals surface area contributed by atoms with Crippen LogP contribution in [0.5, 0.6) is 0 Å². The van der Waals surface area contributed by atoms with Gasteiger partial charge in [0.05, 0.1) is 11.3 Å². The largest absolute Gasteiger partial charge is 0.391 e. The van der Waals surface area contributed by atoms with Gasteiger partial charge in [0.25, 0.3) is 5.91 Å². The maximum absolute atomic E-state index is 12.5. The van der Waals surface area contributed by atoms with Gasteiger partial charge in [-0.3, -0.25) is 9.48 Å². The molecular weight excluding hydrogens is 284 g/mol. The van der Waals surface area contributed by atoms with E-state index in [-0.39, 0.29) is 10.9 Å². The number of aromatic nitrogens is 2. The lowest BCUT2D eigenvalue weighted by molar-refractivity contribution is 0.0945. The highest BCUT2D eigenvalue weighted by Gasteiger charge is 2.22. The topological polar surface area (TPSA) is 72.9 Å². The summed E-state index contributed by atoms with van der Waals surface area (Å²) in [6.45, 7) is 3.66. The predicted molar refractivity (Wildman–Crippen MR) is 86.1 cm³/mol. The second-order valence-electron chi connectivity index (χ2n) is 4.89. The van der Waals surface area contributed by atoms with Crippen LogP contribution in [-0.2, 0) is 7.05 Å². The van der Waals surface area contributed by atoms with Gasteiger partial charge >= 0.3 is 0 Å². The number of carbonyl (C=O) groups excluding carboxylic acids is 1. The molecule has 1 unspecified atom stereocenters. The van der Waals surface area contributed by atoms with Crippen LogP contribution in [-0.4, -0.2) is 20.7 Å². The van der Waals surface area contributed by atoms with Crippen LogP contribution in [0.2, 0.25) is 0 Å². The molecule has 2 aromatic rings. The summed E-state index contributed by atoms with van der Waals surface area (Å²) in [5.74, 6) is -0.222. The van der Waals surface area contributed by atoms with Gasteiger partial charge in [0.1, 0.15) is 11.0 Å². The summed E-state index contributed by atoms with van der Waals surface area (Å²) in [5, 5.41) is 7.13. The third-order valence-corrected chi connectivity index (χ3v) is 3.66. The Balaban J connectivity index is 2.30. The van der Waals surface area contributed by atoms with Crippen LogP contribution in [0.25, 0.3) is 0 Å². The molecule has 0 spiro atoms. The highest BCUT2D eigenvalue weighted by molar-refractivity contribution is 7.80. The van der Waals surface area contributed by atoms with E-state index in [1.54, 1.807) is 18.7 Å². The summed E-state index contributed by atoms with van der Waals surface area (Å²) in [6.07, 6.45) is 0. The minimum atomic E-state index is -0.493. The van der Waals surface area contributed by atoms with Crippen LogP contribution in [0.3, 0.4) is 0 Å². The van der Waals surface area contributed by atoms with E-state index < -0.39 is 6.04 Å². The molecule has 6 heteroatoms. The Labute approximate surface area is 129 Å². The zero-order valence-electron chi connectivity index (χ0n) is 12.3. The number of carbonyl (C=O) groups is 1. The van der Waals surface area contributed by atoms with E-state index in [0.717, 1.165) is 11.3 Å². The van der Waals surface area contributed by atoms with E-state index in [4.69, 9.17) is 18.0 Å². The molecule has 1 aromatic heterocycles. The molecular formula is C15H18N4OS. The number of rotatable bonds is 4. The molecule has 110 valence electrons. The van der Waals surface area contributed by atoms with Crippen molar-refractivity contribution >= 4 is 23.1 Å². The number of amides is 1. The molecule has 2 rings (SSSR count). The Kier molecular flexibility index (Phi) is 4.37. The number of nitrogens with two attached hydrogens (primary N) is 1. The molecule has 1 aromatic carbocycles. The zero-order valence-corrected chi connectivity index (χ0v) is 13.1. The lowest BCUT2D eigenvalue weighted by Crippen LogP contribution is -2.37. The van der Waals surface area contributed by atoms with Gasteiger partial charge in [0.2, 0.25) is 0 Å². The number of aryl methyl sites for hydroxylation is 2. The fourth-order valence-corrected chi connectivity index (χ4v) is 2.46. The third kappa shape index (κ3) is 3.11. The predicted octanol–water partition coefficient (Wildman–Crippen LogP) is 1.79. The van der Waals surface area contributed by atoms with Crippen molar-refractivity contribution in [2.24, 2.45) is 12.8 Å². The molecule has 0 aliphatic carbocycles. The number of nitrogens with one attached hydrogen (secondary N) is 1. The van der Waals surface area contributed by atoms with Crippen LogP contribution in [0.15, 0.2) is 30.3 Å². The van der Waals surface area contributed by atoms with Gasteiger partial charge in [-0.05, 0) is 19.4 Å². The molecule has 21 heavy (non-hydrogen) atoms. The first-order valence-electron chi connectivity index (χ1n) is 6.57. The molecule has 3 N–H and O–H groups in total. The highest BCUT2D eigenvalue weighted by atomic mass is 32.1. The summed E-state index contributed by atoms with van der Waals surface area (Å²) in [4.78, 5) is 12.7. The van der Waals surface area contributed by atoms with Gasteiger partial charge in [-0.25, -0.2) is 0 Å². The van der Waals surface area contributed by atoms with Gasteiger partial charge in [-0.2, -0.15) is 5.10 Å². The molecule has 0 saturated carbocycles. The van der Waals surface area contributed by atoms with Crippen molar-refractivity contribution in [2.75, 3.05) is 0 Å². The van der Waals surface area contributed by atoms with Crippen molar-refractivity contribution in [2.45, 2.75) is 19.9 Å². The van der Waals surface area contributed by atoms with Crippen molar-refractivity contribution in [1.82, 2.24) is 15.1 Å². The lowest BCUT2D eigenvalue weighted by Gasteiger charge is -2.18. The number of nitrogens with zero attached hydrogens (tertiary/aromatic N) is 2. The Morgan fingerprint density at radius 1 is 1.33 bits per heavy atom. The van der Waals surface area contributed by atoms with E-state index in [9.17, 15) is 4.79 Å². The van der Waals surface area contributed by atoms with Crippen molar-refractivity contribution in [3.63, 3.8) is 0 Å². The van der Waals surface area contributed by atoms with E-state index in [0.29, 0.717) is 11.3 Å². The normalized spacial score (nSPS) is 12.0. The number of thiocarbonyl (C=S) groups is 1. The van der Waals surface area contributed by atoms with Gasteiger partial charge in [0, 0.05) is 12.7 Å². The summed E-state index contributed by atoms with van der Waals surface area (Å²) >= 11 is 5.08. The van der Waals surface area contributed by atoms with E-state index >= 15 is 0 Å². The van der Waals surface area contributed by atoms with Gasteiger partial charge in [-0.15, -0.1) is 0 Å². The Hall–Kier alpha value is -2.21. The fraction of sp³-hybridized carbons (Fsp3) is 0.267. The zero-order chi connectivity index (χ0) is 15.6. The maximum atomic E-state index is 12.5. The molecule has 1 amide bonds. The smallest absolute Gasteiger partial charge is 0.255 e. The summed E-state index contributed by atoms with van der Waals surface area (Å²) in [6, 6.07) is 8.94.